The van der Waals surface area contributed by atoms with Crippen LogP contribution in [0.25, 0.3) is 16.6 Å². The van der Waals surface area contributed by atoms with Crippen molar-refractivity contribution >= 4 is 39.7 Å². The summed E-state index contributed by atoms with van der Waals surface area (Å²) in [5.41, 5.74) is 2.05. The third-order valence-corrected chi connectivity index (χ3v) is 4.99. The molecule has 0 aliphatic heterocycles. The fourth-order valence-electron chi connectivity index (χ4n) is 3.22. The number of carbonyl (C=O) groups is 1. The van der Waals surface area contributed by atoms with Crippen LogP contribution in [0.4, 0.5) is 5.69 Å². The number of amides is 1. The molecule has 4 aromatic rings. The molecular weight excluding hydrogens is 410 g/mol. The smallest absolute Gasteiger partial charge is 0.352 e. The van der Waals surface area contributed by atoms with E-state index >= 15 is 0 Å². The molecule has 0 aliphatic rings. The third kappa shape index (κ3) is 3.33. The first kappa shape index (κ1) is 19.7. The van der Waals surface area contributed by atoms with Crippen molar-refractivity contribution in [2.24, 2.45) is 0 Å². The molecule has 0 bridgehead atoms. The van der Waals surface area contributed by atoms with E-state index in [-0.39, 0.29) is 6.54 Å². The van der Waals surface area contributed by atoms with Crippen LogP contribution in [0.3, 0.4) is 0 Å². The summed E-state index contributed by atoms with van der Waals surface area (Å²) in [7, 11) is 2.94. The van der Waals surface area contributed by atoms with Gasteiger partial charge in [-0.3, -0.25) is 4.79 Å². The van der Waals surface area contributed by atoms with E-state index in [2.05, 4.69) is 15.4 Å². The standard InChI is InChI=1S/C20H18ClN5O4/c1-11-5-4-6-12-18(11)22-10-25-19(12)24-26(20(25)28)9-17(27)23-14-7-13(21)15(29-2)8-16(14)30-3/h4-8,10H,9H2,1-3H3,(H,23,27). The number of hydrogen-bond donors (Lipinski definition) is 1. The number of ether oxygens (including phenoxy) is 2. The number of nitrogens with zero attached hydrogens (tertiary/aromatic N) is 4. The van der Waals surface area contributed by atoms with Crippen molar-refractivity contribution in [2.75, 3.05) is 19.5 Å². The number of rotatable bonds is 5. The second kappa shape index (κ2) is 7.68. The molecule has 0 saturated carbocycles. The maximum absolute atomic E-state index is 12.7. The zero-order valence-electron chi connectivity index (χ0n) is 16.5. The summed E-state index contributed by atoms with van der Waals surface area (Å²) in [6.07, 6.45) is 1.42. The molecule has 0 unspecified atom stereocenters. The van der Waals surface area contributed by atoms with Gasteiger partial charge >= 0.3 is 5.69 Å². The number of anilines is 1. The molecule has 154 valence electrons. The van der Waals surface area contributed by atoms with Crippen LogP contribution in [0.5, 0.6) is 11.5 Å². The number of benzene rings is 2. The second-order valence-electron chi connectivity index (χ2n) is 6.58. The minimum absolute atomic E-state index is 0.291. The molecule has 0 atom stereocenters. The Morgan fingerprint density at radius 3 is 2.70 bits per heavy atom. The lowest BCUT2D eigenvalue weighted by molar-refractivity contribution is -0.117. The maximum Gasteiger partial charge on any atom is 0.352 e. The van der Waals surface area contributed by atoms with E-state index in [1.54, 1.807) is 6.07 Å². The lowest BCUT2D eigenvalue weighted by atomic mass is 10.1. The normalized spacial score (nSPS) is 11.1. The van der Waals surface area contributed by atoms with E-state index in [1.165, 1.54) is 31.0 Å². The van der Waals surface area contributed by atoms with Crippen molar-refractivity contribution < 1.29 is 14.3 Å². The Kier molecular flexibility index (Phi) is 5.04. The number of carbonyl (C=O) groups excluding carboxylic acids is 1. The van der Waals surface area contributed by atoms with Crippen LogP contribution in [0.2, 0.25) is 5.02 Å². The molecule has 30 heavy (non-hydrogen) atoms. The zero-order valence-corrected chi connectivity index (χ0v) is 17.2. The minimum Gasteiger partial charge on any atom is -0.495 e. The highest BCUT2D eigenvalue weighted by molar-refractivity contribution is 6.32. The van der Waals surface area contributed by atoms with Crippen LogP contribution >= 0.6 is 11.6 Å². The molecule has 9 nitrogen and oxygen atoms in total. The maximum atomic E-state index is 12.7. The van der Waals surface area contributed by atoms with Crippen LogP contribution in [0, 0.1) is 6.92 Å². The predicted octanol–water partition coefficient (Wildman–Crippen LogP) is 2.66. The quantitative estimate of drug-likeness (QED) is 0.525. The summed E-state index contributed by atoms with van der Waals surface area (Å²) in [5, 5.41) is 8.08. The zero-order chi connectivity index (χ0) is 21.4. The van der Waals surface area contributed by atoms with Gasteiger partial charge in [-0.1, -0.05) is 23.7 Å². The minimum atomic E-state index is -0.464. The van der Waals surface area contributed by atoms with Crippen molar-refractivity contribution in [3.8, 4) is 11.5 Å². The van der Waals surface area contributed by atoms with Gasteiger partial charge in [0.25, 0.3) is 0 Å². The third-order valence-electron chi connectivity index (χ3n) is 4.69. The Morgan fingerprint density at radius 1 is 1.20 bits per heavy atom. The predicted molar refractivity (Wildman–Crippen MR) is 113 cm³/mol. The molecule has 0 spiro atoms. The highest BCUT2D eigenvalue weighted by atomic mass is 35.5. The van der Waals surface area contributed by atoms with E-state index in [0.717, 1.165) is 21.1 Å². The average molecular weight is 428 g/mol. The molecular formula is C20H18ClN5O4. The number of hydrogen-bond acceptors (Lipinski definition) is 6. The summed E-state index contributed by atoms with van der Waals surface area (Å²) in [6, 6.07) is 8.72. The van der Waals surface area contributed by atoms with Crippen molar-refractivity contribution in [3.05, 3.63) is 57.7 Å². The fourth-order valence-corrected chi connectivity index (χ4v) is 3.46. The van der Waals surface area contributed by atoms with Crippen LogP contribution in [-0.2, 0) is 11.3 Å². The van der Waals surface area contributed by atoms with Crippen LogP contribution < -0.4 is 20.5 Å². The fraction of sp³-hybridized carbons (Fsp3) is 0.200. The summed E-state index contributed by atoms with van der Waals surface area (Å²) >= 11 is 6.14. The first-order chi connectivity index (χ1) is 14.4. The molecule has 2 aromatic carbocycles. The molecule has 0 fully saturated rings. The molecule has 0 saturated heterocycles. The number of para-hydroxylation sites is 1. The summed E-state index contributed by atoms with van der Waals surface area (Å²) < 4.78 is 12.8. The van der Waals surface area contributed by atoms with Crippen LogP contribution in [-0.4, -0.2) is 39.3 Å². The number of halogens is 1. The Hall–Kier alpha value is -3.59. The van der Waals surface area contributed by atoms with Crippen LogP contribution in [0.1, 0.15) is 5.56 Å². The Balaban J connectivity index is 1.66. The number of fused-ring (bicyclic) bond motifs is 3. The van der Waals surface area contributed by atoms with Gasteiger partial charge in [0, 0.05) is 11.5 Å². The lowest BCUT2D eigenvalue weighted by Gasteiger charge is -2.12. The Morgan fingerprint density at radius 2 is 1.97 bits per heavy atom. The largest absolute Gasteiger partial charge is 0.495 e. The number of methoxy groups -OCH3 is 2. The van der Waals surface area contributed by atoms with Crippen molar-refractivity contribution in [3.63, 3.8) is 0 Å². The molecule has 10 heteroatoms. The van der Waals surface area contributed by atoms with E-state index in [9.17, 15) is 9.59 Å². The van der Waals surface area contributed by atoms with Crippen molar-refractivity contribution in [2.45, 2.75) is 13.5 Å². The van der Waals surface area contributed by atoms with Crippen LogP contribution in [0.15, 0.2) is 41.5 Å². The van der Waals surface area contributed by atoms with E-state index < -0.39 is 11.6 Å². The summed E-state index contributed by atoms with van der Waals surface area (Å²) in [6.45, 7) is 1.64. The van der Waals surface area contributed by atoms with Gasteiger partial charge in [0.15, 0.2) is 5.65 Å². The average Bonchev–Trinajstić information content (AvgIpc) is 3.04. The number of aryl methyl sites for hydroxylation is 1. The first-order valence-electron chi connectivity index (χ1n) is 8.97. The molecule has 2 heterocycles. The molecule has 1 N–H and O–H groups in total. The van der Waals surface area contributed by atoms with Gasteiger partial charge in [0.2, 0.25) is 5.91 Å². The number of nitrogens with one attached hydrogen (secondary N) is 1. The van der Waals surface area contributed by atoms with E-state index in [1.807, 2.05) is 25.1 Å². The monoisotopic (exact) mass is 427 g/mol. The number of aromatic nitrogens is 4. The van der Waals surface area contributed by atoms with Crippen molar-refractivity contribution in [1.82, 2.24) is 19.2 Å². The SMILES string of the molecule is COc1cc(OC)c(NC(=O)Cn2nc3c4cccc(C)c4ncn3c2=O)cc1Cl. The molecule has 4 rings (SSSR count). The first-order valence-corrected chi connectivity index (χ1v) is 9.35. The van der Waals surface area contributed by atoms with E-state index in [0.29, 0.717) is 27.9 Å². The van der Waals surface area contributed by atoms with Gasteiger partial charge in [0.05, 0.1) is 30.4 Å². The van der Waals surface area contributed by atoms with Gasteiger partial charge in [-0.15, -0.1) is 5.10 Å². The highest BCUT2D eigenvalue weighted by Crippen LogP contribution is 2.35. The molecule has 0 aliphatic carbocycles. The molecule has 1 amide bonds. The molecule has 2 aromatic heterocycles. The van der Waals surface area contributed by atoms with Gasteiger partial charge < -0.3 is 14.8 Å². The summed E-state index contributed by atoms with van der Waals surface area (Å²) in [5.74, 6) is 0.323. The lowest BCUT2D eigenvalue weighted by Crippen LogP contribution is -2.28. The van der Waals surface area contributed by atoms with Gasteiger partial charge in [0.1, 0.15) is 24.4 Å². The summed E-state index contributed by atoms with van der Waals surface area (Å²) in [4.78, 5) is 29.6. The Labute approximate surface area is 175 Å². The van der Waals surface area contributed by atoms with E-state index in [4.69, 9.17) is 21.1 Å². The Bertz CT molecular complexity index is 1340. The topological polar surface area (TPSA) is 99.8 Å². The van der Waals surface area contributed by atoms with Gasteiger partial charge in [-0.2, -0.15) is 0 Å². The van der Waals surface area contributed by atoms with Gasteiger partial charge in [-0.25, -0.2) is 18.9 Å². The second-order valence-corrected chi connectivity index (χ2v) is 6.99. The molecule has 0 radical (unpaired) electrons. The van der Waals surface area contributed by atoms with Gasteiger partial charge in [-0.05, 0) is 24.6 Å². The van der Waals surface area contributed by atoms with Crippen molar-refractivity contribution in [1.29, 1.82) is 0 Å². The highest BCUT2D eigenvalue weighted by Gasteiger charge is 2.16.